The first-order valence-corrected chi connectivity index (χ1v) is 8.78. The topological polar surface area (TPSA) is 152 Å². The average molecular weight is 415 g/mol. The van der Waals surface area contributed by atoms with Crippen molar-refractivity contribution in [1.29, 1.82) is 0 Å². The van der Waals surface area contributed by atoms with Crippen LogP contribution in [0.25, 0.3) is 33.4 Å². The van der Waals surface area contributed by atoms with Crippen LogP contribution in [0, 0.1) is 0 Å². The molecule has 0 fully saturated rings. The largest absolute Gasteiger partial charge is 0.384 e. The van der Waals surface area contributed by atoms with Gasteiger partial charge in [0.1, 0.15) is 11.5 Å². The van der Waals surface area contributed by atoms with Crippen molar-refractivity contribution >= 4 is 28.5 Å². The monoisotopic (exact) mass is 414 g/mol. The molecule has 5 N–H and O–H groups in total. The third-order valence-corrected chi connectivity index (χ3v) is 5.07. The highest BCUT2D eigenvalue weighted by molar-refractivity contribution is 6.30. The van der Waals surface area contributed by atoms with Crippen LogP contribution in [0.4, 0.5) is 5.82 Å². The number of benzene rings is 1. The molecule has 0 atom stereocenters. The molecule has 11 heteroatoms. The molecule has 4 rings (SSSR count). The number of rotatable bonds is 2. The smallest absolute Gasteiger partial charge is 0.329 e. The lowest BCUT2D eigenvalue weighted by Crippen LogP contribution is -2.32. The number of H-pyrrole nitrogens is 3. The van der Waals surface area contributed by atoms with E-state index in [4.69, 9.17) is 17.3 Å². The van der Waals surface area contributed by atoms with Gasteiger partial charge >= 0.3 is 11.4 Å². The summed E-state index contributed by atoms with van der Waals surface area (Å²) in [7, 11) is 2.87. The van der Waals surface area contributed by atoms with Crippen LogP contribution in [0.1, 0.15) is 0 Å². The van der Waals surface area contributed by atoms with Gasteiger partial charge in [-0.1, -0.05) is 23.7 Å². The SMILES string of the molecule is Cn1c(N)c(-c2c(-c3ccc(Cl)cc3)[nH]c3c2c(=O)[nH]c(=O)n3C)c(=O)[nH]c1=O. The van der Waals surface area contributed by atoms with Gasteiger partial charge in [0.2, 0.25) is 0 Å². The van der Waals surface area contributed by atoms with Gasteiger partial charge in [0.15, 0.2) is 0 Å². The van der Waals surface area contributed by atoms with Crippen molar-refractivity contribution in [2.75, 3.05) is 5.73 Å². The predicted molar refractivity (Wildman–Crippen MR) is 110 cm³/mol. The second-order valence-electron chi connectivity index (χ2n) is 6.50. The van der Waals surface area contributed by atoms with E-state index < -0.39 is 22.5 Å². The lowest BCUT2D eigenvalue weighted by atomic mass is 10.0. The Bertz CT molecular complexity index is 1520. The first-order chi connectivity index (χ1) is 13.7. The summed E-state index contributed by atoms with van der Waals surface area (Å²) in [6.07, 6.45) is 0. The van der Waals surface area contributed by atoms with Gasteiger partial charge < -0.3 is 10.7 Å². The van der Waals surface area contributed by atoms with E-state index in [2.05, 4.69) is 15.0 Å². The number of nitrogens with two attached hydrogens (primary N) is 1. The first-order valence-electron chi connectivity index (χ1n) is 8.40. The molecule has 3 heterocycles. The minimum Gasteiger partial charge on any atom is -0.384 e. The number of nitrogens with one attached hydrogen (secondary N) is 3. The number of aromatic nitrogens is 5. The fourth-order valence-electron chi connectivity index (χ4n) is 3.27. The third kappa shape index (κ3) is 2.72. The highest BCUT2D eigenvalue weighted by Crippen LogP contribution is 2.37. The van der Waals surface area contributed by atoms with Crippen molar-refractivity contribution in [3.63, 3.8) is 0 Å². The molecule has 3 aromatic heterocycles. The molecule has 0 aliphatic rings. The number of anilines is 1. The van der Waals surface area contributed by atoms with Crippen LogP contribution in [0.2, 0.25) is 5.02 Å². The van der Waals surface area contributed by atoms with Crippen LogP contribution in [0.5, 0.6) is 0 Å². The van der Waals surface area contributed by atoms with Crippen molar-refractivity contribution in [3.05, 3.63) is 71.0 Å². The molecule has 4 aromatic rings. The summed E-state index contributed by atoms with van der Waals surface area (Å²) in [4.78, 5) is 56.8. The molecule has 0 unspecified atom stereocenters. The van der Waals surface area contributed by atoms with Crippen molar-refractivity contribution in [2.24, 2.45) is 14.1 Å². The normalized spacial score (nSPS) is 11.3. The minimum atomic E-state index is -0.755. The Morgan fingerprint density at radius 2 is 1.41 bits per heavy atom. The maximum atomic E-state index is 12.7. The van der Waals surface area contributed by atoms with Crippen molar-refractivity contribution < 1.29 is 0 Å². The number of aromatic amines is 3. The molecule has 0 spiro atoms. The second kappa shape index (κ2) is 6.38. The minimum absolute atomic E-state index is 0.0625. The standard InChI is InChI=1S/C18H15ClN6O4/c1-24-13(20)10(15(26)22-17(24)28)9-11-14(25(2)18(29)23-16(11)27)21-12(9)7-3-5-8(19)6-4-7/h3-6,21H,20H2,1-2H3,(H,22,26,28)(H,23,27,29). The fourth-order valence-corrected chi connectivity index (χ4v) is 3.39. The molecule has 10 nitrogen and oxygen atoms in total. The molecule has 0 amide bonds. The summed E-state index contributed by atoms with van der Waals surface area (Å²) in [6, 6.07) is 6.66. The Morgan fingerprint density at radius 3 is 2.07 bits per heavy atom. The van der Waals surface area contributed by atoms with Gasteiger partial charge in [-0.15, -0.1) is 0 Å². The lowest BCUT2D eigenvalue weighted by molar-refractivity contribution is 0.815. The lowest BCUT2D eigenvalue weighted by Gasteiger charge is -2.10. The van der Waals surface area contributed by atoms with E-state index in [-0.39, 0.29) is 28.0 Å². The molecule has 0 radical (unpaired) electrons. The summed E-state index contributed by atoms with van der Waals surface area (Å²) in [5.41, 5.74) is 4.61. The first kappa shape index (κ1) is 18.6. The van der Waals surface area contributed by atoms with Gasteiger partial charge in [-0.2, -0.15) is 0 Å². The molecular weight excluding hydrogens is 400 g/mol. The number of fused-ring (bicyclic) bond motifs is 1. The zero-order valence-corrected chi connectivity index (χ0v) is 16.0. The summed E-state index contributed by atoms with van der Waals surface area (Å²) >= 11 is 5.97. The Balaban J connectivity index is 2.28. The van der Waals surface area contributed by atoms with E-state index in [0.29, 0.717) is 16.3 Å². The molecule has 0 bridgehead atoms. The fraction of sp³-hybridized carbons (Fsp3) is 0.111. The average Bonchev–Trinajstić information content (AvgIpc) is 3.06. The van der Waals surface area contributed by atoms with E-state index in [1.807, 2.05) is 0 Å². The summed E-state index contributed by atoms with van der Waals surface area (Å²) < 4.78 is 2.28. The van der Waals surface area contributed by atoms with Crippen LogP contribution in [-0.2, 0) is 14.1 Å². The molecule has 148 valence electrons. The second-order valence-corrected chi connectivity index (χ2v) is 6.94. The number of hydrogen-bond donors (Lipinski definition) is 4. The van der Waals surface area contributed by atoms with Gasteiger partial charge in [0.05, 0.1) is 16.6 Å². The van der Waals surface area contributed by atoms with Crippen molar-refractivity contribution in [3.8, 4) is 22.4 Å². The van der Waals surface area contributed by atoms with Crippen LogP contribution < -0.4 is 28.2 Å². The van der Waals surface area contributed by atoms with E-state index in [1.165, 1.54) is 18.7 Å². The van der Waals surface area contributed by atoms with Gasteiger partial charge in [0.25, 0.3) is 11.1 Å². The van der Waals surface area contributed by atoms with Crippen LogP contribution in [0.3, 0.4) is 0 Å². The van der Waals surface area contributed by atoms with E-state index in [9.17, 15) is 19.2 Å². The van der Waals surface area contributed by atoms with Gasteiger partial charge in [-0.05, 0) is 17.7 Å². The molecule has 0 saturated heterocycles. The Labute approximate surface area is 166 Å². The maximum Gasteiger partial charge on any atom is 0.329 e. The van der Waals surface area contributed by atoms with Crippen LogP contribution in [-0.4, -0.2) is 24.1 Å². The number of hydrogen-bond acceptors (Lipinski definition) is 5. The highest BCUT2D eigenvalue weighted by Gasteiger charge is 2.25. The number of aryl methyl sites for hydroxylation is 1. The van der Waals surface area contributed by atoms with Crippen LogP contribution >= 0.6 is 11.6 Å². The van der Waals surface area contributed by atoms with Gasteiger partial charge in [-0.3, -0.25) is 28.7 Å². The van der Waals surface area contributed by atoms with Crippen LogP contribution in [0.15, 0.2) is 43.4 Å². The Kier molecular flexibility index (Phi) is 4.09. The van der Waals surface area contributed by atoms with E-state index in [1.54, 1.807) is 24.3 Å². The number of nitrogen functional groups attached to an aromatic ring is 1. The van der Waals surface area contributed by atoms with Crippen molar-refractivity contribution in [2.45, 2.75) is 0 Å². The quantitative estimate of drug-likeness (QED) is 0.376. The van der Waals surface area contributed by atoms with E-state index >= 15 is 0 Å². The zero-order valence-electron chi connectivity index (χ0n) is 15.3. The molecule has 29 heavy (non-hydrogen) atoms. The predicted octanol–water partition coefficient (Wildman–Crippen LogP) is 0.511. The Hall–Kier alpha value is -3.79. The molecule has 0 saturated carbocycles. The van der Waals surface area contributed by atoms with E-state index in [0.717, 1.165) is 4.57 Å². The molecule has 0 aliphatic heterocycles. The summed E-state index contributed by atoms with van der Waals surface area (Å²) in [6.45, 7) is 0. The zero-order chi connectivity index (χ0) is 21.0. The molecule has 1 aromatic carbocycles. The molecular formula is C18H15ClN6O4. The number of nitrogens with zero attached hydrogens (tertiary/aromatic N) is 2. The maximum absolute atomic E-state index is 12.7. The van der Waals surface area contributed by atoms with Crippen molar-refractivity contribution in [1.82, 2.24) is 24.1 Å². The van der Waals surface area contributed by atoms with Gasteiger partial charge in [0, 0.05) is 24.7 Å². The molecule has 0 aliphatic carbocycles. The summed E-state index contributed by atoms with van der Waals surface area (Å²) in [5.74, 6) is -0.122. The number of halogens is 1. The Morgan fingerprint density at radius 1 is 0.828 bits per heavy atom. The third-order valence-electron chi connectivity index (χ3n) is 4.82. The van der Waals surface area contributed by atoms with Gasteiger partial charge in [-0.25, -0.2) is 9.59 Å². The highest BCUT2D eigenvalue weighted by atomic mass is 35.5. The summed E-state index contributed by atoms with van der Waals surface area (Å²) in [5, 5.41) is 0.559.